The zero-order chi connectivity index (χ0) is 8.22. The van der Waals surface area contributed by atoms with E-state index in [2.05, 4.69) is 20.8 Å². The lowest BCUT2D eigenvalue weighted by Gasteiger charge is -2.37. The minimum atomic E-state index is 0.507. The minimum Gasteiger partial charge on any atom is -0.327 e. The topological polar surface area (TPSA) is 26.0 Å². The molecule has 0 aromatic rings. The average Bonchev–Trinajstić information content (AvgIpc) is 2.31. The van der Waals surface area contributed by atoms with Gasteiger partial charge in [0.25, 0.3) is 0 Å². The van der Waals surface area contributed by atoms with E-state index in [0.717, 1.165) is 17.8 Å². The van der Waals surface area contributed by atoms with Gasteiger partial charge < -0.3 is 5.73 Å². The van der Waals surface area contributed by atoms with Gasteiger partial charge in [-0.05, 0) is 36.0 Å². The third kappa shape index (κ3) is 0.868. The van der Waals surface area contributed by atoms with Gasteiger partial charge in [0, 0.05) is 6.04 Å². The summed E-state index contributed by atoms with van der Waals surface area (Å²) in [6, 6.07) is 0.507. The second-order valence-corrected chi connectivity index (χ2v) is 5.23. The Morgan fingerprint density at radius 2 is 2.00 bits per heavy atom. The highest BCUT2D eigenvalue weighted by Gasteiger charge is 2.52. The van der Waals surface area contributed by atoms with Gasteiger partial charge >= 0.3 is 0 Å². The molecule has 2 aliphatic rings. The highest BCUT2D eigenvalue weighted by Crippen LogP contribution is 2.57. The molecule has 0 amide bonds. The van der Waals surface area contributed by atoms with Crippen molar-refractivity contribution in [3.05, 3.63) is 0 Å². The summed E-state index contributed by atoms with van der Waals surface area (Å²) in [5.74, 6) is 2.51. The largest absolute Gasteiger partial charge is 0.327 e. The molecule has 2 N–H and O–H groups in total. The first kappa shape index (κ1) is 7.60. The molecule has 0 aliphatic heterocycles. The van der Waals surface area contributed by atoms with E-state index in [0.29, 0.717) is 11.5 Å². The van der Waals surface area contributed by atoms with E-state index in [4.69, 9.17) is 5.73 Å². The SMILES string of the molecule is C[C@@H]1[C@@H](N)C2C[C@@H]1C(C)(C)C2. The molecule has 0 spiro atoms. The third-order valence-electron chi connectivity index (χ3n) is 4.13. The first-order chi connectivity index (χ1) is 5.02. The Kier molecular flexibility index (Phi) is 1.39. The quantitative estimate of drug-likeness (QED) is 0.566. The van der Waals surface area contributed by atoms with Crippen LogP contribution in [0.15, 0.2) is 0 Å². The van der Waals surface area contributed by atoms with Crippen LogP contribution in [0.1, 0.15) is 33.6 Å². The fourth-order valence-corrected chi connectivity index (χ4v) is 3.47. The van der Waals surface area contributed by atoms with Crippen molar-refractivity contribution in [2.24, 2.45) is 28.9 Å². The van der Waals surface area contributed by atoms with Gasteiger partial charge in [-0.2, -0.15) is 0 Å². The van der Waals surface area contributed by atoms with E-state index in [9.17, 15) is 0 Å². The van der Waals surface area contributed by atoms with Crippen molar-refractivity contribution in [3.8, 4) is 0 Å². The molecule has 0 heterocycles. The molecule has 0 radical (unpaired) electrons. The lowest BCUT2D eigenvalue weighted by Crippen LogP contribution is -2.40. The molecule has 0 aromatic heterocycles. The molecule has 2 rings (SSSR count). The molecule has 1 unspecified atom stereocenters. The molecule has 0 saturated heterocycles. The molecule has 11 heavy (non-hydrogen) atoms. The summed E-state index contributed by atoms with van der Waals surface area (Å²) < 4.78 is 0. The van der Waals surface area contributed by atoms with Crippen molar-refractivity contribution in [1.82, 2.24) is 0 Å². The van der Waals surface area contributed by atoms with Gasteiger partial charge in [-0.3, -0.25) is 0 Å². The third-order valence-corrected chi connectivity index (χ3v) is 4.13. The van der Waals surface area contributed by atoms with Crippen LogP contribution in [0.2, 0.25) is 0 Å². The van der Waals surface area contributed by atoms with Gasteiger partial charge in [-0.1, -0.05) is 20.8 Å². The van der Waals surface area contributed by atoms with Crippen molar-refractivity contribution in [2.75, 3.05) is 0 Å². The van der Waals surface area contributed by atoms with Crippen molar-refractivity contribution < 1.29 is 0 Å². The van der Waals surface area contributed by atoms with Crippen LogP contribution < -0.4 is 5.73 Å². The second-order valence-electron chi connectivity index (χ2n) is 5.23. The Morgan fingerprint density at radius 3 is 2.36 bits per heavy atom. The normalized spacial score (nSPS) is 53.5. The minimum absolute atomic E-state index is 0.507. The molecule has 2 saturated carbocycles. The van der Waals surface area contributed by atoms with Crippen molar-refractivity contribution in [2.45, 2.75) is 39.7 Å². The average molecular weight is 153 g/mol. The summed E-state index contributed by atoms with van der Waals surface area (Å²) in [5.41, 5.74) is 6.67. The molecular weight excluding hydrogens is 134 g/mol. The van der Waals surface area contributed by atoms with E-state index in [1.54, 1.807) is 0 Å². The fourth-order valence-electron chi connectivity index (χ4n) is 3.47. The van der Waals surface area contributed by atoms with E-state index in [1.165, 1.54) is 12.8 Å². The van der Waals surface area contributed by atoms with E-state index >= 15 is 0 Å². The molecule has 2 fully saturated rings. The Hall–Kier alpha value is -0.0400. The maximum Gasteiger partial charge on any atom is 0.00961 e. The van der Waals surface area contributed by atoms with E-state index in [1.807, 2.05) is 0 Å². The number of fused-ring (bicyclic) bond motifs is 2. The number of nitrogens with two attached hydrogens (primary N) is 1. The maximum absolute atomic E-state index is 6.08. The zero-order valence-corrected chi connectivity index (χ0v) is 7.80. The summed E-state index contributed by atoms with van der Waals surface area (Å²) in [4.78, 5) is 0. The molecule has 4 atom stereocenters. The molecular formula is C10H19N. The standard InChI is InChI=1S/C10H19N/c1-6-8-4-7(9(6)11)5-10(8,2)3/h6-9H,4-5,11H2,1-3H3/t6-,7?,8-,9+/m0/s1. The summed E-state index contributed by atoms with van der Waals surface area (Å²) in [7, 11) is 0. The lowest BCUT2D eigenvalue weighted by molar-refractivity contribution is 0.143. The summed E-state index contributed by atoms with van der Waals surface area (Å²) >= 11 is 0. The van der Waals surface area contributed by atoms with Crippen LogP contribution in [0.25, 0.3) is 0 Å². The van der Waals surface area contributed by atoms with Crippen LogP contribution in [-0.2, 0) is 0 Å². The number of rotatable bonds is 0. The Balaban J connectivity index is 2.23. The molecule has 64 valence electrons. The van der Waals surface area contributed by atoms with Gasteiger partial charge in [0.15, 0.2) is 0 Å². The van der Waals surface area contributed by atoms with Crippen LogP contribution in [0, 0.1) is 23.2 Å². The Bertz CT molecular complexity index is 172. The molecule has 1 nitrogen and oxygen atoms in total. The van der Waals surface area contributed by atoms with Crippen LogP contribution in [0.5, 0.6) is 0 Å². The van der Waals surface area contributed by atoms with Gasteiger partial charge in [0.05, 0.1) is 0 Å². The lowest BCUT2D eigenvalue weighted by atomic mass is 9.70. The first-order valence-corrected chi connectivity index (χ1v) is 4.78. The Labute approximate surface area is 69.4 Å². The van der Waals surface area contributed by atoms with Gasteiger partial charge in [0.1, 0.15) is 0 Å². The van der Waals surface area contributed by atoms with Crippen LogP contribution in [0.3, 0.4) is 0 Å². The summed E-state index contributed by atoms with van der Waals surface area (Å²) in [6.07, 6.45) is 2.76. The molecule has 2 aliphatic carbocycles. The second kappa shape index (κ2) is 2.01. The number of hydrogen-bond donors (Lipinski definition) is 1. The highest BCUT2D eigenvalue weighted by atomic mass is 14.8. The first-order valence-electron chi connectivity index (χ1n) is 4.78. The van der Waals surface area contributed by atoms with Crippen molar-refractivity contribution >= 4 is 0 Å². The van der Waals surface area contributed by atoms with Gasteiger partial charge in [-0.25, -0.2) is 0 Å². The highest BCUT2D eigenvalue weighted by molar-refractivity contribution is 5.04. The predicted molar refractivity (Wildman–Crippen MR) is 47.1 cm³/mol. The summed E-state index contributed by atoms with van der Waals surface area (Å²) in [6.45, 7) is 7.14. The van der Waals surface area contributed by atoms with Crippen molar-refractivity contribution in [3.63, 3.8) is 0 Å². The molecule has 2 bridgehead atoms. The fraction of sp³-hybridized carbons (Fsp3) is 1.00. The van der Waals surface area contributed by atoms with Crippen LogP contribution in [-0.4, -0.2) is 6.04 Å². The van der Waals surface area contributed by atoms with E-state index < -0.39 is 0 Å². The van der Waals surface area contributed by atoms with Crippen molar-refractivity contribution in [1.29, 1.82) is 0 Å². The monoisotopic (exact) mass is 153 g/mol. The smallest absolute Gasteiger partial charge is 0.00961 e. The van der Waals surface area contributed by atoms with Gasteiger partial charge in [0.2, 0.25) is 0 Å². The molecule has 0 aromatic carbocycles. The number of hydrogen-bond acceptors (Lipinski definition) is 1. The van der Waals surface area contributed by atoms with Crippen LogP contribution >= 0.6 is 0 Å². The maximum atomic E-state index is 6.08. The van der Waals surface area contributed by atoms with E-state index in [-0.39, 0.29) is 0 Å². The Morgan fingerprint density at radius 1 is 1.36 bits per heavy atom. The summed E-state index contributed by atoms with van der Waals surface area (Å²) in [5, 5.41) is 0. The predicted octanol–water partition coefficient (Wildman–Crippen LogP) is 2.02. The van der Waals surface area contributed by atoms with Crippen LogP contribution in [0.4, 0.5) is 0 Å². The zero-order valence-electron chi connectivity index (χ0n) is 7.80. The van der Waals surface area contributed by atoms with Gasteiger partial charge in [-0.15, -0.1) is 0 Å². The molecule has 1 heteroatoms.